The van der Waals surface area contributed by atoms with Crippen LogP contribution in [0.4, 0.5) is 4.79 Å². The fourth-order valence-corrected chi connectivity index (χ4v) is 3.25. The number of hydrogen-bond acceptors (Lipinski definition) is 6. The molecule has 1 saturated heterocycles. The molecule has 1 atom stereocenters. The summed E-state index contributed by atoms with van der Waals surface area (Å²) < 4.78 is 12.6. The van der Waals surface area contributed by atoms with Gasteiger partial charge >= 0.3 is 6.09 Å². The van der Waals surface area contributed by atoms with Crippen molar-refractivity contribution in [3.63, 3.8) is 0 Å². The Morgan fingerprint density at radius 2 is 2.08 bits per heavy atom. The number of carbonyl (C=O) groups excluding carboxylic acids is 1. The molecule has 1 amide bonds. The third-order valence-electron chi connectivity index (χ3n) is 4.49. The van der Waals surface area contributed by atoms with Gasteiger partial charge in [0.25, 0.3) is 0 Å². The molecule has 1 aromatic carbocycles. The number of aromatic nitrogens is 4. The molecule has 0 saturated carbocycles. The van der Waals surface area contributed by atoms with Crippen LogP contribution in [0.2, 0.25) is 0 Å². The molecule has 0 spiro atoms. The van der Waals surface area contributed by atoms with Crippen molar-refractivity contribution < 1.29 is 14.3 Å². The van der Waals surface area contributed by atoms with Gasteiger partial charge in [-0.2, -0.15) is 4.98 Å². The average Bonchev–Trinajstić information content (AvgIpc) is 3.33. The zero-order chi connectivity index (χ0) is 17.9. The average molecular weight is 353 g/mol. The number of imidazole rings is 1. The van der Waals surface area contributed by atoms with E-state index in [0.717, 1.165) is 18.4 Å². The Morgan fingerprint density at radius 1 is 1.23 bits per heavy atom. The molecule has 0 aliphatic carbocycles. The number of ether oxygens (including phenoxy) is 2. The quantitative estimate of drug-likeness (QED) is 0.717. The van der Waals surface area contributed by atoms with Gasteiger partial charge in [-0.05, 0) is 18.4 Å². The first-order valence-corrected chi connectivity index (χ1v) is 8.47. The number of benzene rings is 1. The van der Waals surface area contributed by atoms with Crippen molar-refractivity contribution in [3.05, 3.63) is 48.5 Å². The Kier molecular flexibility index (Phi) is 4.39. The molecular formula is C18H19N5O3. The molecule has 4 rings (SSSR count). The fraction of sp³-hybridized carbons (Fsp3) is 0.333. The number of nitrogens with zero attached hydrogens (tertiary/aromatic N) is 5. The van der Waals surface area contributed by atoms with E-state index in [9.17, 15) is 4.79 Å². The lowest BCUT2D eigenvalue weighted by Gasteiger charge is -2.24. The van der Waals surface area contributed by atoms with E-state index in [4.69, 9.17) is 9.47 Å². The minimum atomic E-state index is -0.344. The summed E-state index contributed by atoms with van der Waals surface area (Å²) >= 11 is 0. The lowest BCUT2D eigenvalue weighted by molar-refractivity contribution is 0.105. The SMILES string of the molecule is COC(=O)N1CCC[C@H]1n1cnc2c(OCc3ccccc3)ncnc21. The van der Waals surface area contributed by atoms with Crippen LogP contribution in [0.3, 0.4) is 0 Å². The van der Waals surface area contributed by atoms with Crippen molar-refractivity contribution in [2.75, 3.05) is 13.7 Å². The number of methoxy groups -OCH3 is 1. The molecule has 0 N–H and O–H groups in total. The summed E-state index contributed by atoms with van der Waals surface area (Å²) in [5.41, 5.74) is 2.27. The van der Waals surface area contributed by atoms with Crippen LogP contribution in [0.5, 0.6) is 5.88 Å². The van der Waals surface area contributed by atoms with E-state index in [1.807, 2.05) is 34.9 Å². The number of rotatable bonds is 4. The first-order valence-electron chi connectivity index (χ1n) is 8.47. The van der Waals surface area contributed by atoms with Crippen molar-refractivity contribution >= 4 is 17.3 Å². The van der Waals surface area contributed by atoms with Crippen LogP contribution >= 0.6 is 0 Å². The Morgan fingerprint density at radius 3 is 2.88 bits per heavy atom. The molecule has 3 aromatic rings. The van der Waals surface area contributed by atoms with Gasteiger partial charge in [0.05, 0.1) is 13.4 Å². The van der Waals surface area contributed by atoms with Gasteiger partial charge < -0.3 is 9.47 Å². The monoisotopic (exact) mass is 353 g/mol. The van der Waals surface area contributed by atoms with E-state index in [1.165, 1.54) is 13.4 Å². The highest BCUT2D eigenvalue weighted by Gasteiger charge is 2.32. The third kappa shape index (κ3) is 2.94. The second kappa shape index (κ2) is 6.99. The van der Waals surface area contributed by atoms with Gasteiger partial charge in [0.2, 0.25) is 5.88 Å². The molecular weight excluding hydrogens is 334 g/mol. The fourth-order valence-electron chi connectivity index (χ4n) is 3.25. The molecule has 26 heavy (non-hydrogen) atoms. The molecule has 1 fully saturated rings. The largest absolute Gasteiger partial charge is 0.471 e. The zero-order valence-corrected chi connectivity index (χ0v) is 14.4. The minimum Gasteiger partial charge on any atom is -0.471 e. The van der Waals surface area contributed by atoms with Crippen LogP contribution in [0.25, 0.3) is 11.2 Å². The normalized spacial score (nSPS) is 16.8. The first-order chi connectivity index (χ1) is 12.8. The standard InChI is InChI=1S/C18H19N5O3/c1-25-18(24)22-9-5-8-14(22)23-12-21-15-16(23)19-11-20-17(15)26-10-13-6-3-2-4-7-13/h2-4,6-7,11-12,14H,5,8-10H2,1H3/t14-/m1/s1. The molecule has 0 unspecified atom stereocenters. The Labute approximate surface area is 150 Å². The summed E-state index contributed by atoms with van der Waals surface area (Å²) in [6.45, 7) is 1.05. The zero-order valence-electron chi connectivity index (χ0n) is 14.4. The Hall–Kier alpha value is -3.16. The van der Waals surface area contributed by atoms with E-state index < -0.39 is 0 Å². The second-order valence-corrected chi connectivity index (χ2v) is 6.06. The molecule has 3 heterocycles. The second-order valence-electron chi connectivity index (χ2n) is 6.06. The highest BCUT2D eigenvalue weighted by molar-refractivity contribution is 5.76. The van der Waals surface area contributed by atoms with Crippen LogP contribution in [0.1, 0.15) is 24.6 Å². The van der Waals surface area contributed by atoms with Crippen LogP contribution < -0.4 is 4.74 Å². The van der Waals surface area contributed by atoms with Gasteiger partial charge in [0.1, 0.15) is 19.1 Å². The molecule has 2 aromatic heterocycles. The molecule has 0 bridgehead atoms. The van der Waals surface area contributed by atoms with Gasteiger partial charge in [0.15, 0.2) is 11.2 Å². The van der Waals surface area contributed by atoms with E-state index in [1.54, 1.807) is 11.2 Å². The van der Waals surface area contributed by atoms with Crippen LogP contribution in [0.15, 0.2) is 43.0 Å². The first kappa shape index (κ1) is 16.3. The van der Waals surface area contributed by atoms with Crippen molar-refractivity contribution in [1.29, 1.82) is 0 Å². The predicted octanol–water partition coefficient (Wildman–Crippen LogP) is 2.77. The van der Waals surface area contributed by atoms with Crippen LogP contribution in [0, 0.1) is 0 Å². The van der Waals surface area contributed by atoms with E-state index in [-0.39, 0.29) is 12.3 Å². The van der Waals surface area contributed by atoms with Crippen LogP contribution in [-0.2, 0) is 11.3 Å². The molecule has 1 aliphatic heterocycles. The van der Waals surface area contributed by atoms with Crippen molar-refractivity contribution in [2.24, 2.45) is 0 Å². The van der Waals surface area contributed by atoms with Gasteiger partial charge in [-0.3, -0.25) is 9.47 Å². The summed E-state index contributed by atoms with van der Waals surface area (Å²) in [7, 11) is 1.39. The molecule has 0 radical (unpaired) electrons. The van der Waals surface area contributed by atoms with Gasteiger partial charge in [-0.1, -0.05) is 30.3 Å². The van der Waals surface area contributed by atoms with Crippen molar-refractivity contribution in [2.45, 2.75) is 25.6 Å². The van der Waals surface area contributed by atoms with E-state index in [2.05, 4.69) is 15.0 Å². The summed E-state index contributed by atoms with van der Waals surface area (Å²) in [5, 5.41) is 0. The van der Waals surface area contributed by atoms with Crippen molar-refractivity contribution in [3.8, 4) is 5.88 Å². The maximum absolute atomic E-state index is 12.0. The highest BCUT2D eigenvalue weighted by atomic mass is 16.5. The van der Waals surface area contributed by atoms with Gasteiger partial charge in [-0.25, -0.2) is 14.8 Å². The number of carbonyl (C=O) groups is 1. The van der Waals surface area contributed by atoms with E-state index in [0.29, 0.717) is 30.2 Å². The smallest absolute Gasteiger partial charge is 0.411 e. The lowest BCUT2D eigenvalue weighted by Crippen LogP contribution is -2.33. The minimum absolute atomic E-state index is 0.163. The maximum Gasteiger partial charge on any atom is 0.411 e. The predicted molar refractivity (Wildman–Crippen MR) is 93.5 cm³/mol. The lowest BCUT2D eigenvalue weighted by atomic mass is 10.2. The summed E-state index contributed by atoms with van der Waals surface area (Å²) in [5.74, 6) is 0.431. The molecule has 134 valence electrons. The van der Waals surface area contributed by atoms with Crippen molar-refractivity contribution in [1.82, 2.24) is 24.4 Å². The van der Waals surface area contributed by atoms with Gasteiger partial charge in [0, 0.05) is 6.54 Å². The summed E-state index contributed by atoms with van der Waals surface area (Å²) in [4.78, 5) is 26.7. The highest BCUT2D eigenvalue weighted by Crippen LogP contribution is 2.31. The topological polar surface area (TPSA) is 82.4 Å². The van der Waals surface area contributed by atoms with E-state index >= 15 is 0 Å². The number of amides is 1. The summed E-state index contributed by atoms with van der Waals surface area (Å²) in [6.07, 6.45) is 4.36. The number of fused-ring (bicyclic) bond motifs is 1. The molecule has 8 nitrogen and oxygen atoms in total. The Balaban J connectivity index is 1.62. The number of hydrogen-bond donors (Lipinski definition) is 0. The molecule has 1 aliphatic rings. The third-order valence-corrected chi connectivity index (χ3v) is 4.49. The number of likely N-dealkylation sites (tertiary alicyclic amines) is 1. The maximum atomic E-state index is 12.0. The van der Waals surface area contributed by atoms with Crippen LogP contribution in [-0.4, -0.2) is 44.2 Å². The Bertz CT molecular complexity index is 912. The summed E-state index contributed by atoms with van der Waals surface area (Å²) in [6, 6.07) is 9.87. The van der Waals surface area contributed by atoms with Gasteiger partial charge in [-0.15, -0.1) is 0 Å². The molecule has 8 heteroatoms.